The van der Waals surface area contributed by atoms with Crippen LogP contribution in [0.4, 0.5) is 0 Å². The number of benzene rings is 1. The maximum absolute atomic E-state index is 12.3. The largest absolute Gasteiger partial charge is 0.395 e. The second-order valence-electron chi connectivity index (χ2n) is 4.66. The summed E-state index contributed by atoms with van der Waals surface area (Å²) in [6, 6.07) is 7.26. The maximum atomic E-state index is 12.3. The maximum Gasteiger partial charge on any atom is 0.254 e. The van der Waals surface area contributed by atoms with Gasteiger partial charge in [-0.05, 0) is 37.0 Å². The Morgan fingerprint density at radius 2 is 1.89 bits per heavy atom. The van der Waals surface area contributed by atoms with E-state index < -0.39 is 0 Å². The molecular formula is C14H19NO3. The van der Waals surface area contributed by atoms with Gasteiger partial charge in [0, 0.05) is 18.2 Å². The van der Waals surface area contributed by atoms with Crippen molar-refractivity contribution < 1.29 is 15.0 Å². The molecule has 1 fully saturated rings. The number of nitrogens with zero attached hydrogens (tertiary/aromatic N) is 1. The van der Waals surface area contributed by atoms with Gasteiger partial charge in [0.05, 0.1) is 13.2 Å². The fraction of sp³-hybridized carbons (Fsp3) is 0.500. The van der Waals surface area contributed by atoms with E-state index >= 15 is 0 Å². The van der Waals surface area contributed by atoms with Crippen molar-refractivity contribution in [3.8, 4) is 0 Å². The number of hydrogen-bond donors (Lipinski definition) is 2. The van der Waals surface area contributed by atoms with E-state index in [9.17, 15) is 4.79 Å². The van der Waals surface area contributed by atoms with Gasteiger partial charge in [0.25, 0.3) is 5.91 Å². The third-order valence-electron chi connectivity index (χ3n) is 3.50. The topological polar surface area (TPSA) is 60.8 Å². The normalized spacial score (nSPS) is 15.2. The van der Waals surface area contributed by atoms with E-state index in [1.165, 1.54) is 0 Å². The van der Waals surface area contributed by atoms with Crippen LogP contribution in [0, 0.1) is 0 Å². The number of rotatable bonds is 5. The number of amides is 1. The molecule has 0 atom stereocenters. The quantitative estimate of drug-likeness (QED) is 0.823. The first kappa shape index (κ1) is 13.1. The Morgan fingerprint density at radius 1 is 1.22 bits per heavy atom. The highest BCUT2D eigenvalue weighted by Gasteiger charge is 2.28. The van der Waals surface area contributed by atoms with Gasteiger partial charge >= 0.3 is 0 Å². The Kier molecular flexibility index (Phi) is 4.33. The number of aliphatic hydroxyl groups is 2. The van der Waals surface area contributed by atoms with E-state index in [0.717, 1.165) is 24.8 Å². The van der Waals surface area contributed by atoms with Gasteiger partial charge in [-0.25, -0.2) is 0 Å². The van der Waals surface area contributed by atoms with Crippen molar-refractivity contribution in [2.24, 2.45) is 0 Å². The predicted molar refractivity (Wildman–Crippen MR) is 68.1 cm³/mol. The summed E-state index contributed by atoms with van der Waals surface area (Å²) in [7, 11) is 0. The first-order chi connectivity index (χ1) is 8.76. The average molecular weight is 249 g/mol. The molecule has 0 heterocycles. The van der Waals surface area contributed by atoms with Crippen molar-refractivity contribution in [3.05, 3.63) is 35.4 Å². The van der Waals surface area contributed by atoms with Crippen molar-refractivity contribution >= 4 is 5.91 Å². The van der Waals surface area contributed by atoms with E-state index in [0.29, 0.717) is 12.1 Å². The molecule has 98 valence electrons. The molecule has 1 amide bonds. The number of aliphatic hydroxyl groups excluding tert-OH is 2. The lowest BCUT2D eigenvalue weighted by atomic mass is 9.91. The van der Waals surface area contributed by atoms with Gasteiger partial charge in [-0.1, -0.05) is 12.1 Å². The summed E-state index contributed by atoms with van der Waals surface area (Å²) in [6.07, 6.45) is 3.21. The molecule has 2 rings (SSSR count). The van der Waals surface area contributed by atoms with Crippen LogP contribution < -0.4 is 0 Å². The lowest BCUT2D eigenvalue weighted by molar-refractivity contribution is 0.0525. The molecular weight excluding hydrogens is 230 g/mol. The highest BCUT2D eigenvalue weighted by molar-refractivity contribution is 5.94. The Hall–Kier alpha value is -1.39. The fourth-order valence-electron chi connectivity index (χ4n) is 2.17. The predicted octanol–water partition coefficient (Wildman–Crippen LogP) is 1.17. The van der Waals surface area contributed by atoms with Crippen molar-refractivity contribution in [2.75, 3.05) is 13.2 Å². The third-order valence-corrected chi connectivity index (χ3v) is 3.50. The molecule has 0 unspecified atom stereocenters. The molecule has 4 nitrogen and oxygen atoms in total. The van der Waals surface area contributed by atoms with Gasteiger partial charge in [0.15, 0.2) is 0 Å². The first-order valence-electron chi connectivity index (χ1n) is 6.38. The minimum absolute atomic E-state index is 0.00301. The van der Waals surface area contributed by atoms with Gasteiger partial charge in [0.1, 0.15) is 0 Å². The summed E-state index contributed by atoms with van der Waals surface area (Å²) in [5.74, 6) is -0.0294. The van der Waals surface area contributed by atoms with E-state index in [4.69, 9.17) is 10.2 Å². The van der Waals surface area contributed by atoms with Crippen LogP contribution in [0.3, 0.4) is 0 Å². The standard InChI is InChI=1S/C14H19NO3/c16-9-8-15(13-2-1-3-13)14(18)12-6-4-11(10-17)5-7-12/h4-7,13,16-17H,1-3,8-10H2. The molecule has 0 spiro atoms. The van der Waals surface area contributed by atoms with E-state index in [1.807, 2.05) is 0 Å². The molecule has 0 aliphatic heterocycles. The Morgan fingerprint density at radius 3 is 2.33 bits per heavy atom. The highest BCUT2D eigenvalue weighted by atomic mass is 16.3. The average Bonchev–Trinajstić information content (AvgIpc) is 2.35. The zero-order valence-electron chi connectivity index (χ0n) is 10.4. The minimum atomic E-state index is -0.0294. The summed E-state index contributed by atoms with van der Waals surface area (Å²) in [6.45, 7) is 0.375. The van der Waals surface area contributed by atoms with Crippen LogP contribution in [0.1, 0.15) is 35.2 Å². The smallest absolute Gasteiger partial charge is 0.254 e. The number of carbonyl (C=O) groups is 1. The fourth-order valence-corrected chi connectivity index (χ4v) is 2.17. The van der Waals surface area contributed by atoms with Crippen LogP contribution in [-0.2, 0) is 6.61 Å². The molecule has 1 aromatic carbocycles. The molecule has 1 saturated carbocycles. The molecule has 0 bridgehead atoms. The molecule has 0 aromatic heterocycles. The summed E-state index contributed by atoms with van der Waals surface area (Å²) >= 11 is 0. The van der Waals surface area contributed by atoms with Crippen LogP contribution >= 0.6 is 0 Å². The van der Waals surface area contributed by atoms with E-state index in [-0.39, 0.29) is 25.2 Å². The molecule has 1 aliphatic carbocycles. The summed E-state index contributed by atoms with van der Waals surface area (Å²) in [5, 5.41) is 18.0. The lowest BCUT2D eigenvalue weighted by Gasteiger charge is -2.37. The first-order valence-corrected chi connectivity index (χ1v) is 6.38. The highest BCUT2D eigenvalue weighted by Crippen LogP contribution is 2.26. The van der Waals surface area contributed by atoms with Gasteiger partial charge < -0.3 is 15.1 Å². The SMILES string of the molecule is O=C(c1ccc(CO)cc1)N(CCO)C1CCC1. The molecule has 4 heteroatoms. The molecule has 0 radical (unpaired) electrons. The number of hydrogen-bond acceptors (Lipinski definition) is 3. The summed E-state index contributed by atoms with van der Waals surface area (Å²) < 4.78 is 0. The van der Waals surface area contributed by atoms with Crippen LogP contribution in [0.25, 0.3) is 0 Å². The van der Waals surface area contributed by atoms with Crippen LogP contribution in [0.15, 0.2) is 24.3 Å². The Bertz CT molecular complexity index is 398. The molecule has 2 N–H and O–H groups in total. The zero-order valence-corrected chi connectivity index (χ0v) is 10.4. The van der Waals surface area contributed by atoms with Gasteiger partial charge in [-0.3, -0.25) is 4.79 Å². The number of carbonyl (C=O) groups excluding carboxylic acids is 1. The molecule has 0 saturated heterocycles. The zero-order chi connectivity index (χ0) is 13.0. The van der Waals surface area contributed by atoms with Crippen molar-refractivity contribution in [2.45, 2.75) is 31.9 Å². The van der Waals surface area contributed by atoms with Gasteiger partial charge in [-0.2, -0.15) is 0 Å². The Balaban J connectivity index is 2.10. The van der Waals surface area contributed by atoms with E-state index in [2.05, 4.69) is 0 Å². The van der Waals surface area contributed by atoms with Crippen molar-refractivity contribution in [3.63, 3.8) is 0 Å². The molecule has 1 aliphatic rings. The summed E-state index contributed by atoms with van der Waals surface area (Å²) in [5.41, 5.74) is 1.41. The van der Waals surface area contributed by atoms with Crippen molar-refractivity contribution in [1.82, 2.24) is 4.90 Å². The monoisotopic (exact) mass is 249 g/mol. The summed E-state index contributed by atoms with van der Waals surface area (Å²) in [4.78, 5) is 14.1. The van der Waals surface area contributed by atoms with E-state index in [1.54, 1.807) is 29.2 Å². The second-order valence-corrected chi connectivity index (χ2v) is 4.66. The Labute approximate surface area is 107 Å². The van der Waals surface area contributed by atoms with Crippen LogP contribution in [-0.4, -0.2) is 40.2 Å². The van der Waals surface area contributed by atoms with Gasteiger partial charge in [0.2, 0.25) is 0 Å². The second kappa shape index (κ2) is 5.98. The minimum Gasteiger partial charge on any atom is -0.395 e. The molecule has 1 aromatic rings. The van der Waals surface area contributed by atoms with Crippen molar-refractivity contribution in [1.29, 1.82) is 0 Å². The molecule has 18 heavy (non-hydrogen) atoms. The third kappa shape index (κ3) is 2.71. The lowest BCUT2D eigenvalue weighted by Crippen LogP contribution is -2.45. The van der Waals surface area contributed by atoms with Crippen LogP contribution in [0.2, 0.25) is 0 Å². The van der Waals surface area contributed by atoms with Gasteiger partial charge in [-0.15, -0.1) is 0 Å². The van der Waals surface area contributed by atoms with Crippen LogP contribution in [0.5, 0.6) is 0 Å².